The molecule has 0 aromatic carbocycles. The third-order valence-electron chi connectivity index (χ3n) is 3.50. The lowest BCUT2D eigenvalue weighted by atomic mass is 10.2. The van der Waals surface area contributed by atoms with Gasteiger partial charge in [0, 0.05) is 16.6 Å². The van der Waals surface area contributed by atoms with Crippen molar-refractivity contribution in [3.8, 4) is 16.5 Å². The molecule has 3 heterocycles. The molecular weight excluding hydrogens is 396 g/mol. The Bertz CT molecular complexity index is 997. The third-order valence-corrected chi connectivity index (χ3v) is 5.49. The van der Waals surface area contributed by atoms with Crippen LogP contribution in [0.1, 0.15) is 16.7 Å². The van der Waals surface area contributed by atoms with Crippen molar-refractivity contribution >= 4 is 46.6 Å². The van der Waals surface area contributed by atoms with Crippen LogP contribution in [0.5, 0.6) is 5.88 Å². The number of aromatic nitrogens is 2. The van der Waals surface area contributed by atoms with Crippen LogP contribution in [-0.4, -0.2) is 34.7 Å². The van der Waals surface area contributed by atoms with Crippen molar-refractivity contribution in [3.05, 3.63) is 45.6 Å². The molecule has 0 saturated carbocycles. The highest BCUT2D eigenvalue weighted by Gasteiger charge is 2.17. The molecule has 0 aliphatic heterocycles. The Labute approximate surface area is 169 Å². The van der Waals surface area contributed by atoms with Crippen LogP contribution in [0.4, 0.5) is 5.82 Å². The van der Waals surface area contributed by atoms with Crippen molar-refractivity contribution in [2.45, 2.75) is 13.3 Å². The summed E-state index contributed by atoms with van der Waals surface area (Å²) in [5, 5.41) is 12.5. The summed E-state index contributed by atoms with van der Waals surface area (Å²) in [4.78, 5) is 26.2. The predicted molar refractivity (Wildman–Crippen MR) is 113 cm³/mol. The molecule has 3 rings (SSSR count). The third kappa shape index (κ3) is 4.78. The summed E-state index contributed by atoms with van der Waals surface area (Å²) in [6.07, 6.45) is 2.78. The molecule has 10 heteroatoms. The Morgan fingerprint density at radius 2 is 2.32 bits per heavy atom. The van der Waals surface area contributed by atoms with E-state index in [0.29, 0.717) is 34.6 Å². The van der Waals surface area contributed by atoms with E-state index in [2.05, 4.69) is 20.3 Å². The SMILES string of the molecule is CCOc1nc(-c2ccnc(NC(=O)Cc3cccs3)c2)sc1C(N)=NC=N. The molecule has 4 N–H and O–H groups in total. The van der Waals surface area contributed by atoms with Gasteiger partial charge in [0.2, 0.25) is 11.8 Å². The molecule has 0 fully saturated rings. The molecule has 0 radical (unpaired) electrons. The van der Waals surface area contributed by atoms with Gasteiger partial charge in [-0.05, 0) is 30.5 Å². The first-order chi connectivity index (χ1) is 13.6. The van der Waals surface area contributed by atoms with Gasteiger partial charge in [-0.1, -0.05) is 6.07 Å². The minimum Gasteiger partial charge on any atom is -0.477 e. The van der Waals surface area contributed by atoms with Crippen LogP contribution in [0, 0.1) is 5.41 Å². The van der Waals surface area contributed by atoms with E-state index in [0.717, 1.165) is 16.8 Å². The normalized spacial score (nSPS) is 11.2. The lowest BCUT2D eigenvalue weighted by Gasteiger charge is -2.04. The molecule has 1 amide bonds. The highest BCUT2D eigenvalue weighted by molar-refractivity contribution is 7.17. The Morgan fingerprint density at radius 1 is 1.46 bits per heavy atom. The summed E-state index contributed by atoms with van der Waals surface area (Å²) in [5.41, 5.74) is 6.67. The van der Waals surface area contributed by atoms with E-state index in [1.54, 1.807) is 18.3 Å². The number of nitrogens with one attached hydrogen (secondary N) is 2. The number of aliphatic imine (C=N–C) groups is 1. The molecule has 3 aromatic rings. The van der Waals surface area contributed by atoms with Gasteiger partial charge in [0.15, 0.2) is 0 Å². The number of thiazole rings is 1. The highest BCUT2D eigenvalue weighted by Crippen LogP contribution is 2.33. The van der Waals surface area contributed by atoms with Crippen molar-refractivity contribution in [1.29, 1.82) is 5.41 Å². The van der Waals surface area contributed by atoms with E-state index in [1.165, 1.54) is 22.7 Å². The number of amidine groups is 1. The van der Waals surface area contributed by atoms with Crippen LogP contribution < -0.4 is 15.8 Å². The minimum absolute atomic E-state index is 0.135. The van der Waals surface area contributed by atoms with Gasteiger partial charge >= 0.3 is 0 Å². The second-order valence-corrected chi connectivity index (χ2v) is 7.50. The summed E-state index contributed by atoms with van der Waals surface area (Å²) in [7, 11) is 0. The molecule has 3 aromatic heterocycles. The van der Waals surface area contributed by atoms with E-state index in [4.69, 9.17) is 15.9 Å². The first-order valence-electron chi connectivity index (χ1n) is 8.35. The first-order valence-corrected chi connectivity index (χ1v) is 10.0. The highest BCUT2D eigenvalue weighted by atomic mass is 32.1. The second-order valence-electron chi connectivity index (χ2n) is 5.46. The van der Waals surface area contributed by atoms with E-state index in [-0.39, 0.29) is 11.7 Å². The molecular formula is C18H18N6O2S2. The summed E-state index contributed by atoms with van der Waals surface area (Å²) in [5.74, 6) is 0.839. The van der Waals surface area contributed by atoms with Gasteiger partial charge < -0.3 is 15.8 Å². The fraction of sp³-hybridized carbons (Fsp3) is 0.167. The summed E-state index contributed by atoms with van der Waals surface area (Å²) in [6.45, 7) is 2.27. The zero-order valence-corrected chi connectivity index (χ0v) is 16.6. The molecule has 0 unspecified atom stereocenters. The minimum atomic E-state index is -0.135. The van der Waals surface area contributed by atoms with Gasteiger partial charge in [0.05, 0.1) is 13.0 Å². The lowest BCUT2D eigenvalue weighted by molar-refractivity contribution is -0.115. The smallest absolute Gasteiger partial charge is 0.236 e. The summed E-state index contributed by atoms with van der Waals surface area (Å²) >= 11 is 2.83. The number of anilines is 1. The second kappa shape index (κ2) is 9.20. The molecule has 28 heavy (non-hydrogen) atoms. The van der Waals surface area contributed by atoms with Crippen LogP contribution >= 0.6 is 22.7 Å². The van der Waals surface area contributed by atoms with Crippen molar-refractivity contribution in [3.63, 3.8) is 0 Å². The monoisotopic (exact) mass is 414 g/mol. The summed E-state index contributed by atoms with van der Waals surface area (Å²) < 4.78 is 5.54. The van der Waals surface area contributed by atoms with Crippen LogP contribution in [0.25, 0.3) is 10.6 Å². The standard InChI is InChI=1S/C18H18N6O2S2/c1-2-26-17-15(16(20)22-10-19)28-18(24-17)11-5-6-21-13(8-11)23-14(25)9-12-4-3-7-27-12/h3-8,10H,2,9H2,1H3,(H3,19,20,22)(H,21,23,25). The average molecular weight is 415 g/mol. The molecule has 144 valence electrons. The van der Waals surface area contributed by atoms with Crippen molar-refractivity contribution in [2.24, 2.45) is 10.7 Å². The van der Waals surface area contributed by atoms with Gasteiger partial charge in [0.1, 0.15) is 27.9 Å². The number of rotatable bonds is 8. The van der Waals surface area contributed by atoms with Crippen LogP contribution in [-0.2, 0) is 11.2 Å². The number of carbonyl (C=O) groups excluding carboxylic acids is 1. The van der Waals surface area contributed by atoms with Gasteiger partial charge in [-0.25, -0.2) is 15.0 Å². The predicted octanol–water partition coefficient (Wildman–Crippen LogP) is 3.16. The van der Waals surface area contributed by atoms with Gasteiger partial charge in [-0.3, -0.25) is 10.2 Å². The number of hydrogen-bond donors (Lipinski definition) is 3. The maximum absolute atomic E-state index is 12.2. The number of nitrogens with two attached hydrogens (primary N) is 1. The van der Waals surface area contributed by atoms with Crippen molar-refractivity contribution in [1.82, 2.24) is 9.97 Å². The number of nitrogens with zero attached hydrogens (tertiary/aromatic N) is 3. The number of carbonyl (C=O) groups is 1. The Balaban J connectivity index is 1.83. The molecule has 0 atom stereocenters. The van der Waals surface area contributed by atoms with Gasteiger partial charge in [-0.2, -0.15) is 0 Å². The Kier molecular flexibility index (Phi) is 6.45. The maximum Gasteiger partial charge on any atom is 0.236 e. The van der Waals surface area contributed by atoms with Crippen molar-refractivity contribution in [2.75, 3.05) is 11.9 Å². The van der Waals surface area contributed by atoms with Gasteiger partial charge in [-0.15, -0.1) is 22.7 Å². The Hall–Kier alpha value is -3.11. The molecule has 0 bridgehead atoms. The lowest BCUT2D eigenvalue weighted by Crippen LogP contribution is -2.14. The van der Waals surface area contributed by atoms with E-state index < -0.39 is 0 Å². The molecule has 8 nitrogen and oxygen atoms in total. The van der Waals surface area contributed by atoms with Crippen LogP contribution in [0.2, 0.25) is 0 Å². The van der Waals surface area contributed by atoms with E-state index in [1.807, 2.05) is 24.4 Å². The average Bonchev–Trinajstić information content (AvgIpc) is 3.32. The van der Waals surface area contributed by atoms with E-state index >= 15 is 0 Å². The molecule has 0 aliphatic carbocycles. The fourth-order valence-electron chi connectivity index (χ4n) is 2.34. The fourth-order valence-corrected chi connectivity index (χ4v) is 3.96. The van der Waals surface area contributed by atoms with Crippen molar-refractivity contribution < 1.29 is 9.53 Å². The number of amides is 1. The molecule has 0 saturated heterocycles. The maximum atomic E-state index is 12.2. The topological polar surface area (TPSA) is 126 Å². The zero-order valence-electron chi connectivity index (χ0n) is 15.0. The van der Waals surface area contributed by atoms with Crippen LogP contribution in [0.15, 0.2) is 40.8 Å². The van der Waals surface area contributed by atoms with E-state index in [9.17, 15) is 4.79 Å². The van der Waals surface area contributed by atoms with Gasteiger partial charge in [0.25, 0.3) is 0 Å². The quantitative estimate of drug-likeness (QED) is 0.385. The number of thiophene rings is 1. The molecule has 0 spiro atoms. The largest absolute Gasteiger partial charge is 0.477 e. The zero-order chi connectivity index (χ0) is 19.9. The number of hydrogen-bond acceptors (Lipinski definition) is 7. The number of pyridine rings is 1. The Morgan fingerprint density at radius 3 is 3.04 bits per heavy atom. The summed E-state index contributed by atoms with van der Waals surface area (Å²) in [6, 6.07) is 7.36. The number of ether oxygens (including phenoxy) is 1. The molecule has 0 aliphatic rings. The first kappa shape index (κ1) is 19.6. The van der Waals surface area contributed by atoms with Crippen LogP contribution in [0.3, 0.4) is 0 Å².